The van der Waals surface area contributed by atoms with Crippen molar-refractivity contribution in [3.8, 4) is 0 Å². The first kappa shape index (κ1) is 10.4. The Bertz CT molecular complexity index is 127. The molecule has 0 rings (SSSR count). The monoisotopic (exact) mass is 160 g/mol. The van der Waals surface area contributed by atoms with Crippen LogP contribution in [0.2, 0.25) is 0 Å². The highest BCUT2D eigenvalue weighted by molar-refractivity contribution is 5.75. The Kier molecular flexibility index (Phi) is 4.81. The van der Waals surface area contributed by atoms with Gasteiger partial charge in [-0.3, -0.25) is 4.79 Å². The zero-order chi connectivity index (χ0) is 8.85. The Balaban J connectivity index is 3.80. The summed E-state index contributed by atoms with van der Waals surface area (Å²) in [5, 5.41) is 9.86. The van der Waals surface area contributed by atoms with Crippen molar-refractivity contribution in [3.05, 3.63) is 0 Å². The maximum Gasteiger partial charge on any atom is 0.325 e. The maximum atomic E-state index is 10.8. The predicted molar refractivity (Wildman–Crippen MR) is 39.1 cm³/mol. The third kappa shape index (κ3) is 3.34. The first-order valence-electron chi connectivity index (χ1n) is 3.63. The van der Waals surface area contributed by atoms with Gasteiger partial charge in [0.2, 0.25) is 6.79 Å². The minimum atomic E-state index is -0.844. The Hall–Kier alpha value is -0.610. The summed E-state index contributed by atoms with van der Waals surface area (Å²) in [6, 6.07) is -0.658. The van der Waals surface area contributed by atoms with Crippen molar-refractivity contribution in [2.75, 3.05) is 6.79 Å². The fourth-order valence-electron chi connectivity index (χ4n) is 0.641. The molecule has 4 heteroatoms. The van der Waals surface area contributed by atoms with Crippen LogP contribution in [0, 0.1) is 5.92 Å². The smallest absolute Gasteiger partial charge is 0.325 e. The van der Waals surface area contributed by atoms with Gasteiger partial charge in [0.25, 0.3) is 0 Å². The van der Waals surface area contributed by atoms with Crippen molar-refractivity contribution in [1.29, 1.82) is 0 Å². The zero-order valence-electron chi connectivity index (χ0n) is 6.87. The molecule has 0 bridgehead atoms. The second kappa shape index (κ2) is 5.09. The molecule has 0 aromatic carbocycles. The van der Waals surface area contributed by atoms with E-state index in [-0.39, 0.29) is 5.92 Å². The molecule has 0 aliphatic carbocycles. The van der Waals surface area contributed by atoms with Gasteiger partial charge < -0.3 is 10.5 Å². The molecule has 0 aromatic rings. The molecule has 0 fully saturated rings. The Morgan fingerprint density at radius 3 is 2.55 bits per heavy atom. The molecule has 0 aliphatic rings. The highest BCUT2D eigenvalue weighted by atomic mass is 16.6. The number of rotatable bonds is 4. The molecule has 0 unspecified atom stereocenters. The number of nitrogens with two attached hydrogens (primary N) is 1. The number of hydrogen-bond acceptors (Lipinski definition) is 3. The molecule has 0 aromatic heterocycles. The molecular formula is C7H14NO3. The van der Waals surface area contributed by atoms with Crippen molar-refractivity contribution in [2.24, 2.45) is 11.7 Å². The highest BCUT2D eigenvalue weighted by Crippen LogP contribution is 2.06. The molecular weight excluding hydrogens is 146 g/mol. The molecule has 0 saturated carbocycles. The fraction of sp³-hybridized carbons (Fsp3) is 0.857. The van der Waals surface area contributed by atoms with Gasteiger partial charge in [-0.15, -0.1) is 0 Å². The summed E-state index contributed by atoms with van der Waals surface area (Å²) in [6.07, 6.45) is 0.801. The van der Waals surface area contributed by atoms with Gasteiger partial charge in [-0.05, 0) is 5.92 Å². The molecule has 0 heterocycles. The van der Waals surface area contributed by atoms with Gasteiger partial charge >= 0.3 is 5.97 Å². The SMILES string of the molecule is CC[C@H](C)[C@H](N)C(=O)OC[O]. The van der Waals surface area contributed by atoms with Crippen molar-refractivity contribution in [3.63, 3.8) is 0 Å². The number of ether oxygens (including phenoxy) is 1. The van der Waals surface area contributed by atoms with Gasteiger partial charge in [-0.2, -0.15) is 5.11 Å². The van der Waals surface area contributed by atoms with Crippen LogP contribution in [0.5, 0.6) is 0 Å². The van der Waals surface area contributed by atoms with Crippen LogP contribution in [0.25, 0.3) is 0 Å². The van der Waals surface area contributed by atoms with Gasteiger partial charge in [0.05, 0.1) is 0 Å². The summed E-state index contributed by atoms with van der Waals surface area (Å²) in [6.45, 7) is 2.93. The van der Waals surface area contributed by atoms with E-state index in [9.17, 15) is 9.90 Å². The molecule has 2 N–H and O–H groups in total. The summed E-state index contributed by atoms with van der Waals surface area (Å²) in [5.41, 5.74) is 5.44. The van der Waals surface area contributed by atoms with E-state index >= 15 is 0 Å². The van der Waals surface area contributed by atoms with E-state index in [0.29, 0.717) is 0 Å². The van der Waals surface area contributed by atoms with Crippen LogP contribution in [0.15, 0.2) is 0 Å². The molecule has 65 valence electrons. The third-order valence-electron chi connectivity index (χ3n) is 1.73. The van der Waals surface area contributed by atoms with Crippen molar-refractivity contribution >= 4 is 5.97 Å². The Morgan fingerprint density at radius 1 is 1.64 bits per heavy atom. The summed E-state index contributed by atoms with van der Waals surface area (Å²) in [7, 11) is 0. The lowest BCUT2D eigenvalue weighted by Crippen LogP contribution is -2.38. The lowest BCUT2D eigenvalue weighted by atomic mass is 10.0. The Morgan fingerprint density at radius 2 is 2.18 bits per heavy atom. The average molecular weight is 160 g/mol. The van der Waals surface area contributed by atoms with Crippen molar-refractivity contribution in [2.45, 2.75) is 26.3 Å². The largest absolute Gasteiger partial charge is 0.434 e. The van der Waals surface area contributed by atoms with E-state index in [1.54, 1.807) is 0 Å². The van der Waals surface area contributed by atoms with Crippen molar-refractivity contribution < 1.29 is 14.6 Å². The molecule has 0 aliphatic heterocycles. The molecule has 2 atom stereocenters. The average Bonchev–Trinajstić information content (AvgIpc) is 2.02. The van der Waals surface area contributed by atoms with E-state index in [2.05, 4.69) is 4.74 Å². The van der Waals surface area contributed by atoms with E-state index in [1.807, 2.05) is 13.8 Å². The van der Waals surface area contributed by atoms with Crippen LogP contribution in [0.4, 0.5) is 0 Å². The normalized spacial score (nSPS) is 15.6. The highest BCUT2D eigenvalue weighted by Gasteiger charge is 2.20. The number of esters is 1. The maximum absolute atomic E-state index is 10.8. The van der Waals surface area contributed by atoms with E-state index in [4.69, 9.17) is 5.73 Å². The van der Waals surface area contributed by atoms with Crippen LogP contribution < -0.4 is 5.73 Å². The standard InChI is InChI=1S/C7H14NO3/c1-3-5(2)6(8)7(10)11-4-9/h5-6H,3-4,8H2,1-2H3/t5-,6-/m0/s1. The second-order valence-corrected chi connectivity index (χ2v) is 2.49. The predicted octanol–water partition coefficient (Wildman–Crippen LogP) is 0.291. The molecule has 4 nitrogen and oxygen atoms in total. The first-order chi connectivity index (χ1) is 5.13. The second-order valence-electron chi connectivity index (χ2n) is 2.49. The van der Waals surface area contributed by atoms with Gasteiger partial charge in [0.1, 0.15) is 6.04 Å². The number of hydrogen-bond donors (Lipinski definition) is 1. The lowest BCUT2D eigenvalue weighted by Gasteiger charge is -2.15. The quantitative estimate of drug-likeness (QED) is 0.474. The third-order valence-corrected chi connectivity index (χ3v) is 1.73. The fourth-order valence-corrected chi connectivity index (χ4v) is 0.641. The summed E-state index contributed by atoms with van der Waals surface area (Å²) < 4.78 is 4.21. The topological polar surface area (TPSA) is 72.2 Å². The Labute approximate surface area is 66.3 Å². The summed E-state index contributed by atoms with van der Waals surface area (Å²) in [4.78, 5) is 10.8. The molecule has 0 spiro atoms. The van der Waals surface area contributed by atoms with Gasteiger partial charge in [0.15, 0.2) is 0 Å². The number of carbonyl (C=O) groups excluding carboxylic acids is 1. The minimum Gasteiger partial charge on any atom is -0.434 e. The van der Waals surface area contributed by atoms with E-state index < -0.39 is 18.8 Å². The van der Waals surface area contributed by atoms with E-state index in [1.165, 1.54) is 0 Å². The molecule has 0 amide bonds. The minimum absolute atomic E-state index is 0.0639. The van der Waals surface area contributed by atoms with Crippen LogP contribution in [-0.4, -0.2) is 18.8 Å². The van der Waals surface area contributed by atoms with Crippen LogP contribution in [-0.2, 0) is 14.6 Å². The first-order valence-corrected chi connectivity index (χ1v) is 3.63. The van der Waals surface area contributed by atoms with Crippen LogP contribution >= 0.6 is 0 Å². The zero-order valence-corrected chi connectivity index (χ0v) is 6.87. The molecule has 11 heavy (non-hydrogen) atoms. The van der Waals surface area contributed by atoms with Gasteiger partial charge in [-0.25, -0.2) is 0 Å². The lowest BCUT2D eigenvalue weighted by molar-refractivity contribution is -0.158. The van der Waals surface area contributed by atoms with Crippen molar-refractivity contribution in [1.82, 2.24) is 0 Å². The number of carbonyl (C=O) groups is 1. The van der Waals surface area contributed by atoms with Crippen LogP contribution in [0.1, 0.15) is 20.3 Å². The van der Waals surface area contributed by atoms with Gasteiger partial charge in [-0.1, -0.05) is 20.3 Å². The summed E-state index contributed by atoms with van der Waals surface area (Å²) in [5.74, 6) is -0.539. The van der Waals surface area contributed by atoms with Gasteiger partial charge in [0, 0.05) is 0 Å². The van der Waals surface area contributed by atoms with Crippen LogP contribution in [0.3, 0.4) is 0 Å². The molecule has 1 radical (unpaired) electrons. The molecule has 0 saturated heterocycles. The van der Waals surface area contributed by atoms with E-state index in [0.717, 1.165) is 6.42 Å². The summed E-state index contributed by atoms with van der Waals surface area (Å²) >= 11 is 0.